The molecule has 0 bridgehead atoms. The standard InChI is InChI=1S/C23H24N4O3/c1-3-21-24-22(25-30-21)18-4-6-19(7-5-18)23(29)27-14-12-26(13-15-27)20-10-8-17(9-11-20)16(2)28/h4-11H,3,12-15H2,1-2H3. The molecule has 0 N–H and O–H groups in total. The largest absolute Gasteiger partial charge is 0.368 e. The number of piperazine rings is 1. The molecular formula is C23H24N4O3. The third-order valence-electron chi connectivity index (χ3n) is 5.37. The van der Waals surface area contributed by atoms with Crippen molar-refractivity contribution in [3.05, 3.63) is 65.5 Å². The van der Waals surface area contributed by atoms with Crippen molar-refractivity contribution in [1.29, 1.82) is 0 Å². The number of Topliss-reactive ketones (excluding diaryl/α,β-unsaturated/α-hetero) is 1. The lowest BCUT2D eigenvalue weighted by atomic mass is 10.1. The lowest BCUT2D eigenvalue weighted by Gasteiger charge is -2.36. The van der Waals surface area contributed by atoms with Crippen LogP contribution >= 0.6 is 0 Å². The van der Waals surface area contributed by atoms with E-state index in [0.29, 0.717) is 42.4 Å². The average Bonchev–Trinajstić information content (AvgIpc) is 3.28. The molecule has 0 atom stereocenters. The highest BCUT2D eigenvalue weighted by atomic mass is 16.5. The lowest BCUT2D eigenvalue weighted by Crippen LogP contribution is -2.48. The second kappa shape index (κ2) is 8.49. The fraction of sp³-hybridized carbons (Fsp3) is 0.304. The van der Waals surface area contributed by atoms with Crippen molar-refractivity contribution in [2.24, 2.45) is 0 Å². The van der Waals surface area contributed by atoms with Crippen molar-refractivity contribution in [2.45, 2.75) is 20.3 Å². The van der Waals surface area contributed by atoms with E-state index in [1.165, 1.54) is 0 Å². The summed E-state index contributed by atoms with van der Waals surface area (Å²) in [5, 5.41) is 3.97. The maximum atomic E-state index is 12.9. The number of aromatic nitrogens is 2. The number of carbonyl (C=O) groups excluding carboxylic acids is 2. The minimum absolute atomic E-state index is 0.0236. The normalized spacial score (nSPS) is 14.1. The molecule has 3 aromatic rings. The molecule has 2 aromatic carbocycles. The Bertz CT molecular complexity index is 1030. The zero-order valence-electron chi connectivity index (χ0n) is 17.2. The van der Waals surface area contributed by atoms with Crippen LogP contribution in [0, 0.1) is 0 Å². The van der Waals surface area contributed by atoms with Crippen LogP contribution in [0.3, 0.4) is 0 Å². The summed E-state index contributed by atoms with van der Waals surface area (Å²) in [6, 6.07) is 15.0. The van der Waals surface area contributed by atoms with Crippen LogP contribution in [0.4, 0.5) is 5.69 Å². The molecule has 1 aliphatic heterocycles. The van der Waals surface area contributed by atoms with Gasteiger partial charge in [0.1, 0.15) is 0 Å². The molecule has 0 spiro atoms. The first-order chi connectivity index (χ1) is 14.5. The van der Waals surface area contributed by atoms with E-state index in [4.69, 9.17) is 4.52 Å². The van der Waals surface area contributed by atoms with E-state index < -0.39 is 0 Å². The summed E-state index contributed by atoms with van der Waals surface area (Å²) in [7, 11) is 0. The number of amides is 1. The number of rotatable bonds is 5. The third kappa shape index (κ3) is 4.10. The summed E-state index contributed by atoms with van der Waals surface area (Å²) in [5.41, 5.74) is 3.26. The van der Waals surface area contributed by atoms with E-state index >= 15 is 0 Å². The first-order valence-electron chi connectivity index (χ1n) is 10.1. The van der Waals surface area contributed by atoms with Crippen molar-refractivity contribution < 1.29 is 14.1 Å². The Morgan fingerprint density at radius 2 is 1.57 bits per heavy atom. The van der Waals surface area contributed by atoms with Crippen LogP contribution in [0.5, 0.6) is 0 Å². The maximum Gasteiger partial charge on any atom is 0.253 e. The molecular weight excluding hydrogens is 380 g/mol. The van der Waals surface area contributed by atoms with Gasteiger partial charge in [0.2, 0.25) is 11.7 Å². The number of carbonyl (C=O) groups is 2. The van der Waals surface area contributed by atoms with Gasteiger partial charge in [-0.2, -0.15) is 4.98 Å². The molecule has 30 heavy (non-hydrogen) atoms. The summed E-state index contributed by atoms with van der Waals surface area (Å²) in [4.78, 5) is 32.7. The van der Waals surface area contributed by atoms with Gasteiger partial charge in [-0.25, -0.2) is 0 Å². The smallest absolute Gasteiger partial charge is 0.253 e. The zero-order chi connectivity index (χ0) is 21.1. The van der Waals surface area contributed by atoms with Crippen LogP contribution in [-0.2, 0) is 6.42 Å². The summed E-state index contributed by atoms with van der Waals surface area (Å²) < 4.78 is 5.15. The van der Waals surface area contributed by atoms with Crippen LogP contribution in [0.2, 0.25) is 0 Å². The molecule has 0 radical (unpaired) electrons. The quantitative estimate of drug-likeness (QED) is 0.606. The molecule has 1 aliphatic rings. The topological polar surface area (TPSA) is 79.5 Å². The Balaban J connectivity index is 1.37. The van der Waals surface area contributed by atoms with Crippen molar-refractivity contribution >= 4 is 17.4 Å². The number of nitrogens with zero attached hydrogens (tertiary/aromatic N) is 4. The second-order valence-electron chi connectivity index (χ2n) is 7.32. The Kier molecular flexibility index (Phi) is 5.61. The highest BCUT2D eigenvalue weighted by Crippen LogP contribution is 2.20. The van der Waals surface area contributed by atoms with Gasteiger partial charge in [-0.3, -0.25) is 9.59 Å². The maximum absolute atomic E-state index is 12.9. The number of aryl methyl sites for hydroxylation is 1. The lowest BCUT2D eigenvalue weighted by molar-refractivity contribution is 0.0746. The minimum Gasteiger partial charge on any atom is -0.368 e. The Morgan fingerprint density at radius 3 is 2.13 bits per heavy atom. The van der Waals surface area contributed by atoms with Crippen LogP contribution in [0.1, 0.15) is 40.5 Å². The molecule has 0 aliphatic carbocycles. The number of hydrogen-bond acceptors (Lipinski definition) is 6. The van der Waals surface area contributed by atoms with Gasteiger partial charge in [0.05, 0.1) is 0 Å². The minimum atomic E-state index is 0.0236. The predicted octanol–water partition coefficient (Wildman–Crippen LogP) is 3.46. The highest BCUT2D eigenvalue weighted by molar-refractivity contribution is 5.95. The summed E-state index contributed by atoms with van der Waals surface area (Å²) in [5.74, 6) is 1.22. The van der Waals surface area contributed by atoms with Crippen molar-refractivity contribution in [3.63, 3.8) is 0 Å². The van der Waals surface area contributed by atoms with Crippen LogP contribution < -0.4 is 4.90 Å². The summed E-state index contributed by atoms with van der Waals surface area (Å²) >= 11 is 0. The average molecular weight is 404 g/mol. The number of hydrogen-bond donors (Lipinski definition) is 0. The molecule has 7 heteroatoms. The van der Waals surface area contributed by atoms with E-state index in [9.17, 15) is 9.59 Å². The van der Waals surface area contributed by atoms with E-state index in [-0.39, 0.29) is 11.7 Å². The van der Waals surface area contributed by atoms with Crippen molar-refractivity contribution in [1.82, 2.24) is 15.0 Å². The van der Waals surface area contributed by atoms with Gasteiger partial charge >= 0.3 is 0 Å². The van der Waals surface area contributed by atoms with Gasteiger partial charge in [0.25, 0.3) is 5.91 Å². The van der Waals surface area contributed by atoms with Gasteiger partial charge in [-0.15, -0.1) is 0 Å². The van der Waals surface area contributed by atoms with E-state index in [1.807, 2.05) is 60.4 Å². The highest BCUT2D eigenvalue weighted by Gasteiger charge is 2.22. The van der Waals surface area contributed by atoms with Crippen molar-refractivity contribution in [2.75, 3.05) is 31.1 Å². The van der Waals surface area contributed by atoms with E-state index in [1.54, 1.807) is 6.92 Å². The molecule has 7 nitrogen and oxygen atoms in total. The summed E-state index contributed by atoms with van der Waals surface area (Å²) in [6.07, 6.45) is 0.691. The second-order valence-corrected chi connectivity index (χ2v) is 7.32. The fourth-order valence-corrected chi connectivity index (χ4v) is 3.53. The van der Waals surface area contributed by atoms with Crippen LogP contribution in [-0.4, -0.2) is 52.9 Å². The molecule has 1 fully saturated rings. The molecule has 0 saturated carbocycles. The van der Waals surface area contributed by atoms with Gasteiger partial charge in [0.15, 0.2) is 5.78 Å². The third-order valence-corrected chi connectivity index (χ3v) is 5.37. The number of anilines is 1. The molecule has 2 heterocycles. The number of ketones is 1. The van der Waals surface area contributed by atoms with E-state index in [0.717, 1.165) is 24.3 Å². The Morgan fingerprint density at radius 1 is 0.933 bits per heavy atom. The molecule has 1 saturated heterocycles. The van der Waals surface area contributed by atoms with Crippen LogP contribution in [0.25, 0.3) is 11.4 Å². The van der Waals surface area contributed by atoms with Crippen LogP contribution in [0.15, 0.2) is 53.1 Å². The van der Waals surface area contributed by atoms with Crippen molar-refractivity contribution in [3.8, 4) is 11.4 Å². The predicted molar refractivity (Wildman–Crippen MR) is 114 cm³/mol. The molecule has 154 valence electrons. The molecule has 0 unspecified atom stereocenters. The SMILES string of the molecule is CCc1nc(-c2ccc(C(=O)N3CCN(c4ccc(C(C)=O)cc4)CC3)cc2)no1. The van der Waals surface area contributed by atoms with E-state index in [2.05, 4.69) is 15.0 Å². The van der Waals surface area contributed by atoms with Gasteiger partial charge in [0, 0.05) is 55.0 Å². The van der Waals surface area contributed by atoms with Gasteiger partial charge in [-0.1, -0.05) is 24.2 Å². The zero-order valence-corrected chi connectivity index (χ0v) is 17.2. The molecule has 1 aromatic heterocycles. The monoisotopic (exact) mass is 404 g/mol. The Labute approximate surface area is 175 Å². The Hall–Kier alpha value is -3.48. The summed E-state index contributed by atoms with van der Waals surface area (Å²) in [6.45, 7) is 6.34. The van der Waals surface area contributed by atoms with Gasteiger partial charge < -0.3 is 14.3 Å². The first-order valence-corrected chi connectivity index (χ1v) is 10.1. The fourth-order valence-electron chi connectivity index (χ4n) is 3.53. The van der Waals surface area contributed by atoms with Gasteiger partial charge in [-0.05, 0) is 43.3 Å². The first kappa shape index (κ1) is 19.8. The molecule has 1 amide bonds. The molecule has 4 rings (SSSR count). The number of benzene rings is 2.